The Bertz CT molecular complexity index is 462. The van der Waals surface area contributed by atoms with Crippen molar-refractivity contribution in [3.05, 3.63) is 33.8 Å². The third-order valence-electron chi connectivity index (χ3n) is 3.24. The summed E-state index contributed by atoms with van der Waals surface area (Å²) in [5.41, 5.74) is 7.03. The van der Waals surface area contributed by atoms with Gasteiger partial charge in [-0.25, -0.2) is 0 Å². The fraction of sp³-hybridized carbons (Fsp3) is 0.417. The molecule has 1 heterocycles. The van der Waals surface area contributed by atoms with Crippen LogP contribution in [0.3, 0.4) is 0 Å². The SMILES string of the molecule is NC1=NCC(c2cc(Cl)cc(Cl)c2)N1C1CC1. The number of benzene rings is 1. The maximum atomic E-state index is 6.04. The molecule has 0 saturated heterocycles. The van der Waals surface area contributed by atoms with E-state index in [-0.39, 0.29) is 6.04 Å². The second-order valence-corrected chi connectivity index (χ2v) is 5.43. The molecule has 1 unspecified atom stereocenters. The summed E-state index contributed by atoms with van der Waals surface area (Å²) >= 11 is 12.1. The van der Waals surface area contributed by atoms with Crippen LogP contribution >= 0.6 is 23.2 Å². The number of hydrogen-bond donors (Lipinski definition) is 1. The maximum absolute atomic E-state index is 6.04. The predicted molar refractivity (Wildman–Crippen MR) is 70.6 cm³/mol. The largest absolute Gasteiger partial charge is 0.370 e. The van der Waals surface area contributed by atoms with E-state index in [0.717, 1.165) is 5.56 Å². The van der Waals surface area contributed by atoms with E-state index in [2.05, 4.69) is 9.89 Å². The van der Waals surface area contributed by atoms with Gasteiger partial charge in [0.25, 0.3) is 0 Å². The molecule has 2 N–H and O–H groups in total. The minimum Gasteiger partial charge on any atom is -0.370 e. The molecule has 0 amide bonds. The highest BCUT2D eigenvalue weighted by Crippen LogP contribution is 2.38. The Labute approximate surface area is 110 Å². The van der Waals surface area contributed by atoms with Gasteiger partial charge in [-0.3, -0.25) is 4.99 Å². The Morgan fingerprint density at radius 2 is 1.82 bits per heavy atom. The summed E-state index contributed by atoms with van der Waals surface area (Å²) in [5, 5.41) is 1.32. The zero-order valence-corrected chi connectivity index (χ0v) is 10.7. The molecule has 5 heteroatoms. The third-order valence-corrected chi connectivity index (χ3v) is 3.67. The third kappa shape index (κ3) is 2.09. The lowest BCUT2D eigenvalue weighted by Gasteiger charge is -2.26. The maximum Gasteiger partial charge on any atom is 0.192 e. The lowest BCUT2D eigenvalue weighted by molar-refractivity contribution is 0.338. The highest BCUT2D eigenvalue weighted by atomic mass is 35.5. The van der Waals surface area contributed by atoms with Crippen molar-refractivity contribution in [1.29, 1.82) is 0 Å². The quantitative estimate of drug-likeness (QED) is 0.897. The lowest BCUT2D eigenvalue weighted by atomic mass is 10.1. The average molecular weight is 270 g/mol. The van der Waals surface area contributed by atoms with Crippen molar-refractivity contribution in [1.82, 2.24) is 4.90 Å². The number of rotatable bonds is 2. The van der Waals surface area contributed by atoms with Crippen molar-refractivity contribution in [2.45, 2.75) is 24.9 Å². The zero-order valence-electron chi connectivity index (χ0n) is 9.24. The first-order valence-corrected chi connectivity index (χ1v) is 6.45. The second-order valence-electron chi connectivity index (χ2n) is 4.56. The van der Waals surface area contributed by atoms with E-state index in [1.54, 1.807) is 6.07 Å². The Hall–Kier alpha value is -0.930. The van der Waals surface area contributed by atoms with Crippen LogP contribution in [0, 0.1) is 0 Å². The highest BCUT2D eigenvalue weighted by Gasteiger charge is 2.39. The summed E-state index contributed by atoms with van der Waals surface area (Å²) in [4.78, 5) is 6.53. The molecule has 2 aliphatic rings. The molecule has 1 aliphatic carbocycles. The van der Waals surface area contributed by atoms with Gasteiger partial charge in [0.05, 0.1) is 12.6 Å². The van der Waals surface area contributed by atoms with Crippen LogP contribution in [0.4, 0.5) is 0 Å². The molecule has 0 bridgehead atoms. The minimum absolute atomic E-state index is 0.193. The second kappa shape index (κ2) is 4.07. The Morgan fingerprint density at radius 1 is 1.18 bits per heavy atom. The van der Waals surface area contributed by atoms with Gasteiger partial charge in [-0.15, -0.1) is 0 Å². The van der Waals surface area contributed by atoms with Crippen molar-refractivity contribution in [3.8, 4) is 0 Å². The number of halogens is 2. The Kier molecular flexibility index (Phi) is 2.68. The van der Waals surface area contributed by atoms with Gasteiger partial charge in [0.1, 0.15) is 0 Å². The summed E-state index contributed by atoms with van der Waals surface area (Å²) in [5.74, 6) is 0.647. The summed E-state index contributed by atoms with van der Waals surface area (Å²) in [6.07, 6.45) is 2.39. The number of hydrogen-bond acceptors (Lipinski definition) is 3. The van der Waals surface area contributed by atoms with E-state index >= 15 is 0 Å². The van der Waals surface area contributed by atoms with Gasteiger partial charge in [0.15, 0.2) is 5.96 Å². The number of guanidine groups is 1. The zero-order chi connectivity index (χ0) is 12.0. The van der Waals surface area contributed by atoms with E-state index in [1.807, 2.05) is 12.1 Å². The molecule has 1 aromatic rings. The van der Waals surface area contributed by atoms with Gasteiger partial charge >= 0.3 is 0 Å². The molecule has 90 valence electrons. The summed E-state index contributed by atoms with van der Waals surface area (Å²) < 4.78 is 0. The van der Waals surface area contributed by atoms with E-state index in [4.69, 9.17) is 28.9 Å². The summed E-state index contributed by atoms with van der Waals surface area (Å²) in [6, 6.07) is 6.37. The molecule has 1 fully saturated rings. The van der Waals surface area contributed by atoms with Crippen LogP contribution in [0.5, 0.6) is 0 Å². The molecule has 3 nitrogen and oxygen atoms in total. The summed E-state index contributed by atoms with van der Waals surface area (Å²) in [6.45, 7) is 0.693. The van der Waals surface area contributed by atoms with Crippen LogP contribution in [0.2, 0.25) is 10.0 Å². The molecule has 3 rings (SSSR count). The predicted octanol–water partition coefficient (Wildman–Crippen LogP) is 2.83. The minimum atomic E-state index is 0.193. The highest BCUT2D eigenvalue weighted by molar-refractivity contribution is 6.34. The number of nitrogens with zero attached hydrogens (tertiary/aromatic N) is 2. The van der Waals surface area contributed by atoms with E-state index in [0.29, 0.717) is 28.6 Å². The molecule has 0 radical (unpaired) electrons. The van der Waals surface area contributed by atoms with Gasteiger partial charge < -0.3 is 10.6 Å². The van der Waals surface area contributed by atoms with Crippen molar-refractivity contribution in [2.75, 3.05) is 6.54 Å². The smallest absolute Gasteiger partial charge is 0.192 e. The van der Waals surface area contributed by atoms with Gasteiger partial charge in [-0.2, -0.15) is 0 Å². The first-order chi connectivity index (χ1) is 8.15. The van der Waals surface area contributed by atoms with Crippen LogP contribution < -0.4 is 5.73 Å². The molecule has 0 spiro atoms. The first kappa shape index (κ1) is 11.2. The first-order valence-electron chi connectivity index (χ1n) is 5.69. The standard InChI is InChI=1S/C12H13Cl2N3/c13-8-3-7(4-9(14)5-8)11-6-16-12(15)17(11)10-1-2-10/h3-5,10-11H,1-2,6H2,(H2,15,16). The molecule has 17 heavy (non-hydrogen) atoms. The van der Waals surface area contributed by atoms with Gasteiger partial charge in [0, 0.05) is 16.1 Å². The van der Waals surface area contributed by atoms with Gasteiger partial charge in [-0.1, -0.05) is 23.2 Å². The molecule has 1 aromatic carbocycles. The van der Waals surface area contributed by atoms with Crippen molar-refractivity contribution in [2.24, 2.45) is 10.7 Å². The van der Waals surface area contributed by atoms with Crippen LogP contribution in [-0.2, 0) is 0 Å². The normalized spacial score (nSPS) is 24.0. The average Bonchev–Trinajstić information content (AvgIpc) is 3.01. The molecule has 1 aliphatic heterocycles. The molecular weight excluding hydrogens is 257 g/mol. The lowest BCUT2D eigenvalue weighted by Crippen LogP contribution is -2.37. The van der Waals surface area contributed by atoms with Crippen LogP contribution in [0.25, 0.3) is 0 Å². The van der Waals surface area contributed by atoms with Crippen LogP contribution in [-0.4, -0.2) is 23.4 Å². The molecular formula is C12H13Cl2N3. The fourth-order valence-electron chi connectivity index (χ4n) is 2.34. The topological polar surface area (TPSA) is 41.6 Å². The molecule has 0 aromatic heterocycles. The number of nitrogens with two attached hydrogens (primary N) is 1. The van der Waals surface area contributed by atoms with Gasteiger partial charge in [0.2, 0.25) is 0 Å². The Balaban J connectivity index is 1.93. The summed E-state index contributed by atoms with van der Waals surface area (Å²) in [7, 11) is 0. The molecule has 1 atom stereocenters. The van der Waals surface area contributed by atoms with Crippen LogP contribution in [0.1, 0.15) is 24.4 Å². The van der Waals surface area contributed by atoms with Crippen LogP contribution in [0.15, 0.2) is 23.2 Å². The van der Waals surface area contributed by atoms with E-state index in [9.17, 15) is 0 Å². The van der Waals surface area contributed by atoms with E-state index < -0.39 is 0 Å². The Morgan fingerprint density at radius 3 is 2.41 bits per heavy atom. The monoisotopic (exact) mass is 269 g/mol. The van der Waals surface area contributed by atoms with Gasteiger partial charge in [-0.05, 0) is 36.6 Å². The van der Waals surface area contributed by atoms with Crippen molar-refractivity contribution in [3.63, 3.8) is 0 Å². The fourth-order valence-corrected chi connectivity index (χ4v) is 2.88. The van der Waals surface area contributed by atoms with Crippen molar-refractivity contribution >= 4 is 29.2 Å². The van der Waals surface area contributed by atoms with E-state index in [1.165, 1.54) is 12.8 Å². The number of aliphatic imine (C=N–C) groups is 1. The molecule has 1 saturated carbocycles. The van der Waals surface area contributed by atoms with Crippen molar-refractivity contribution < 1.29 is 0 Å².